The molecule has 0 saturated carbocycles. The molecule has 0 atom stereocenters. The standard InChI is InChI=1S/C22H22N2O4/c1-27-21(25)17-13-20(24-16-11-7-4-8-12-16)18(22(26)28-2)14-19(17)23-15-9-5-3-6-10-15/h3-12,23-24H,13-14H2,1-2H3. The maximum Gasteiger partial charge on any atom is 0.335 e. The lowest BCUT2D eigenvalue weighted by Gasteiger charge is -2.25. The van der Waals surface area contributed by atoms with Gasteiger partial charge in [-0.05, 0) is 24.3 Å². The second kappa shape index (κ2) is 8.90. The number of rotatable bonds is 6. The SMILES string of the molecule is COC(=O)C1=C(Nc2ccccc2)CC(C(=O)OC)=C(Nc2ccccc2)C1. The van der Waals surface area contributed by atoms with E-state index in [2.05, 4.69) is 10.6 Å². The highest BCUT2D eigenvalue weighted by molar-refractivity contribution is 5.96. The van der Waals surface area contributed by atoms with Crippen LogP contribution < -0.4 is 10.6 Å². The predicted octanol–water partition coefficient (Wildman–Crippen LogP) is 3.86. The summed E-state index contributed by atoms with van der Waals surface area (Å²) in [6.45, 7) is 0. The molecule has 1 aliphatic carbocycles. The first-order valence-electron chi connectivity index (χ1n) is 8.87. The first kappa shape index (κ1) is 19.2. The van der Waals surface area contributed by atoms with E-state index >= 15 is 0 Å². The molecule has 0 unspecified atom stereocenters. The molecule has 1 aliphatic rings. The van der Waals surface area contributed by atoms with Crippen molar-refractivity contribution in [2.24, 2.45) is 0 Å². The van der Waals surface area contributed by atoms with E-state index in [0.717, 1.165) is 11.4 Å². The van der Waals surface area contributed by atoms with Crippen LogP contribution in [0.1, 0.15) is 12.8 Å². The molecule has 0 radical (unpaired) electrons. The Labute approximate surface area is 163 Å². The van der Waals surface area contributed by atoms with Gasteiger partial charge in [-0.15, -0.1) is 0 Å². The lowest BCUT2D eigenvalue weighted by atomic mass is 9.92. The number of benzene rings is 2. The van der Waals surface area contributed by atoms with Crippen molar-refractivity contribution in [2.75, 3.05) is 24.9 Å². The molecule has 6 nitrogen and oxygen atoms in total. The molecule has 0 bridgehead atoms. The minimum atomic E-state index is -0.435. The van der Waals surface area contributed by atoms with Gasteiger partial charge in [-0.1, -0.05) is 36.4 Å². The van der Waals surface area contributed by atoms with Gasteiger partial charge in [-0.2, -0.15) is 0 Å². The number of para-hydroxylation sites is 2. The maximum absolute atomic E-state index is 12.4. The van der Waals surface area contributed by atoms with E-state index in [1.807, 2.05) is 60.7 Å². The average molecular weight is 378 g/mol. The fraction of sp³-hybridized carbons (Fsp3) is 0.182. The van der Waals surface area contributed by atoms with Gasteiger partial charge in [0, 0.05) is 35.6 Å². The van der Waals surface area contributed by atoms with Crippen molar-refractivity contribution >= 4 is 23.3 Å². The first-order valence-corrected chi connectivity index (χ1v) is 8.87. The van der Waals surface area contributed by atoms with E-state index in [1.54, 1.807) is 0 Å². The molecular formula is C22H22N2O4. The van der Waals surface area contributed by atoms with Gasteiger partial charge in [-0.3, -0.25) is 0 Å². The van der Waals surface area contributed by atoms with Gasteiger partial charge in [0.1, 0.15) is 0 Å². The summed E-state index contributed by atoms with van der Waals surface area (Å²) in [6, 6.07) is 18.9. The van der Waals surface area contributed by atoms with Crippen LogP contribution in [0.25, 0.3) is 0 Å². The molecule has 0 fully saturated rings. The van der Waals surface area contributed by atoms with Crippen LogP contribution in [0.5, 0.6) is 0 Å². The second-order valence-electron chi connectivity index (χ2n) is 6.23. The Kier molecular flexibility index (Phi) is 6.11. The van der Waals surface area contributed by atoms with Crippen molar-refractivity contribution < 1.29 is 19.1 Å². The highest BCUT2D eigenvalue weighted by Crippen LogP contribution is 2.33. The summed E-state index contributed by atoms with van der Waals surface area (Å²) in [5, 5.41) is 6.50. The van der Waals surface area contributed by atoms with E-state index in [-0.39, 0.29) is 12.8 Å². The number of ether oxygens (including phenoxy) is 2. The van der Waals surface area contributed by atoms with Crippen molar-refractivity contribution in [1.29, 1.82) is 0 Å². The molecule has 3 rings (SSSR count). The van der Waals surface area contributed by atoms with E-state index in [0.29, 0.717) is 22.5 Å². The molecule has 2 N–H and O–H groups in total. The number of anilines is 2. The van der Waals surface area contributed by atoms with Gasteiger partial charge in [-0.25, -0.2) is 9.59 Å². The Morgan fingerprint density at radius 2 is 1.04 bits per heavy atom. The molecule has 6 heteroatoms. The third-order valence-corrected chi connectivity index (χ3v) is 4.44. The molecule has 2 aromatic carbocycles. The van der Waals surface area contributed by atoms with Crippen LogP contribution in [0.15, 0.2) is 83.2 Å². The number of allylic oxidation sites excluding steroid dienone is 2. The Balaban J connectivity index is 1.97. The largest absolute Gasteiger partial charge is 0.466 e. The number of carbonyl (C=O) groups excluding carboxylic acids is 2. The van der Waals surface area contributed by atoms with Crippen LogP contribution in [0.2, 0.25) is 0 Å². The molecule has 0 amide bonds. The van der Waals surface area contributed by atoms with Crippen molar-refractivity contribution in [2.45, 2.75) is 12.8 Å². The maximum atomic E-state index is 12.4. The Bertz CT molecular complexity index is 841. The topological polar surface area (TPSA) is 76.7 Å². The van der Waals surface area contributed by atoms with Crippen molar-refractivity contribution in [3.63, 3.8) is 0 Å². The Hall–Kier alpha value is -3.54. The van der Waals surface area contributed by atoms with Crippen LogP contribution in [0.3, 0.4) is 0 Å². The fourth-order valence-electron chi connectivity index (χ4n) is 3.05. The number of esters is 2. The Morgan fingerprint density at radius 3 is 1.36 bits per heavy atom. The number of carbonyl (C=O) groups is 2. The smallest absolute Gasteiger partial charge is 0.335 e. The summed E-state index contributed by atoms with van der Waals surface area (Å²) >= 11 is 0. The predicted molar refractivity (Wildman–Crippen MR) is 107 cm³/mol. The zero-order chi connectivity index (χ0) is 19.9. The van der Waals surface area contributed by atoms with E-state index in [9.17, 15) is 9.59 Å². The van der Waals surface area contributed by atoms with Gasteiger partial charge < -0.3 is 20.1 Å². The lowest BCUT2D eigenvalue weighted by molar-refractivity contribution is -0.137. The highest BCUT2D eigenvalue weighted by atomic mass is 16.5. The minimum Gasteiger partial charge on any atom is -0.466 e. The minimum absolute atomic E-state index is 0.223. The molecule has 0 saturated heterocycles. The first-order chi connectivity index (χ1) is 13.6. The number of methoxy groups -OCH3 is 2. The summed E-state index contributed by atoms with van der Waals surface area (Å²) in [4.78, 5) is 24.8. The van der Waals surface area contributed by atoms with Gasteiger partial charge in [0.05, 0.1) is 25.4 Å². The van der Waals surface area contributed by atoms with Gasteiger partial charge in [0.25, 0.3) is 0 Å². The average Bonchev–Trinajstić information content (AvgIpc) is 2.74. The monoisotopic (exact) mass is 378 g/mol. The van der Waals surface area contributed by atoms with Crippen molar-refractivity contribution in [3.05, 3.63) is 83.2 Å². The van der Waals surface area contributed by atoms with Gasteiger partial charge in [0.15, 0.2) is 0 Å². The molecule has 0 aliphatic heterocycles. The molecule has 2 aromatic rings. The third kappa shape index (κ3) is 4.40. The van der Waals surface area contributed by atoms with Crippen LogP contribution in [-0.2, 0) is 19.1 Å². The lowest BCUT2D eigenvalue weighted by Crippen LogP contribution is -2.24. The van der Waals surface area contributed by atoms with Crippen molar-refractivity contribution in [1.82, 2.24) is 0 Å². The number of hydrogen-bond donors (Lipinski definition) is 2. The van der Waals surface area contributed by atoms with Crippen LogP contribution in [0, 0.1) is 0 Å². The normalized spacial score (nSPS) is 13.8. The second-order valence-corrected chi connectivity index (χ2v) is 6.23. The van der Waals surface area contributed by atoms with Crippen molar-refractivity contribution in [3.8, 4) is 0 Å². The van der Waals surface area contributed by atoms with Crippen LogP contribution in [0.4, 0.5) is 11.4 Å². The summed E-state index contributed by atoms with van der Waals surface area (Å²) in [5.41, 5.74) is 3.83. The number of nitrogens with one attached hydrogen (secondary N) is 2. The third-order valence-electron chi connectivity index (χ3n) is 4.44. The van der Waals surface area contributed by atoms with E-state index in [4.69, 9.17) is 9.47 Å². The highest BCUT2D eigenvalue weighted by Gasteiger charge is 2.29. The summed E-state index contributed by atoms with van der Waals surface area (Å²) in [5.74, 6) is -0.871. The zero-order valence-corrected chi connectivity index (χ0v) is 15.8. The summed E-state index contributed by atoms with van der Waals surface area (Å²) in [6.07, 6.45) is 0.447. The molecule has 0 heterocycles. The van der Waals surface area contributed by atoms with E-state index < -0.39 is 11.9 Å². The molecule has 0 aromatic heterocycles. The van der Waals surface area contributed by atoms with E-state index in [1.165, 1.54) is 14.2 Å². The molecule has 28 heavy (non-hydrogen) atoms. The number of hydrogen-bond acceptors (Lipinski definition) is 6. The summed E-state index contributed by atoms with van der Waals surface area (Å²) < 4.78 is 9.95. The van der Waals surface area contributed by atoms with Crippen LogP contribution in [-0.4, -0.2) is 26.2 Å². The quantitative estimate of drug-likeness (QED) is 0.744. The molecular weight excluding hydrogens is 356 g/mol. The van der Waals surface area contributed by atoms with Gasteiger partial charge >= 0.3 is 11.9 Å². The van der Waals surface area contributed by atoms with Crippen LogP contribution >= 0.6 is 0 Å². The molecule has 144 valence electrons. The molecule has 0 spiro atoms. The summed E-state index contributed by atoms with van der Waals surface area (Å²) in [7, 11) is 2.69. The fourth-order valence-corrected chi connectivity index (χ4v) is 3.05. The Morgan fingerprint density at radius 1 is 0.679 bits per heavy atom. The zero-order valence-electron chi connectivity index (χ0n) is 15.8. The van der Waals surface area contributed by atoms with Gasteiger partial charge in [0.2, 0.25) is 0 Å².